The molecule has 2 aromatic rings. The van der Waals surface area contributed by atoms with Gasteiger partial charge < -0.3 is 21.8 Å². The fourth-order valence-electron chi connectivity index (χ4n) is 1.85. The number of carbonyl (C=O) groups excluding carboxylic acids is 2. The van der Waals surface area contributed by atoms with Gasteiger partial charge in [-0.25, -0.2) is 4.98 Å². The van der Waals surface area contributed by atoms with E-state index in [0.717, 1.165) is 12.0 Å². The van der Waals surface area contributed by atoms with E-state index in [4.69, 9.17) is 11.5 Å². The minimum absolute atomic E-state index is 0.0993. The Bertz CT molecular complexity index is 678. The Kier molecular flexibility index (Phi) is 4.94. The van der Waals surface area contributed by atoms with Crippen LogP contribution in [-0.4, -0.2) is 27.8 Å². The largest absolute Gasteiger partial charge is 0.364 e. The SMILES string of the molecule is CCC(C)C(N)C(=O)Nc1nc(-c2c[nH]c(C(N)=O)c2)cs1. The van der Waals surface area contributed by atoms with E-state index in [0.29, 0.717) is 16.5 Å². The summed E-state index contributed by atoms with van der Waals surface area (Å²) in [5, 5.41) is 4.98. The molecule has 6 N–H and O–H groups in total. The zero-order valence-corrected chi connectivity index (χ0v) is 13.2. The summed E-state index contributed by atoms with van der Waals surface area (Å²) in [6.45, 7) is 3.92. The Hall–Kier alpha value is -2.19. The molecule has 0 fully saturated rings. The van der Waals surface area contributed by atoms with E-state index in [1.165, 1.54) is 11.3 Å². The van der Waals surface area contributed by atoms with Gasteiger partial charge in [0.05, 0.1) is 11.7 Å². The Morgan fingerprint density at radius 3 is 2.82 bits per heavy atom. The second-order valence-corrected chi connectivity index (χ2v) is 5.96. The average Bonchev–Trinajstić information content (AvgIpc) is 3.13. The van der Waals surface area contributed by atoms with Crippen LogP contribution in [0.2, 0.25) is 0 Å². The molecule has 22 heavy (non-hydrogen) atoms. The molecule has 0 bridgehead atoms. The first-order valence-electron chi connectivity index (χ1n) is 6.93. The van der Waals surface area contributed by atoms with Crippen LogP contribution in [0.15, 0.2) is 17.6 Å². The first-order chi connectivity index (χ1) is 10.4. The Labute approximate surface area is 132 Å². The zero-order chi connectivity index (χ0) is 16.3. The van der Waals surface area contributed by atoms with Crippen LogP contribution >= 0.6 is 11.3 Å². The van der Waals surface area contributed by atoms with Crippen molar-refractivity contribution in [2.24, 2.45) is 17.4 Å². The van der Waals surface area contributed by atoms with Crippen molar-refractivity contribution >= 4 is 28.3 Å². The number of anilines is 1. The van der Waals surface area contributed by atoms with E-state index < -0.39 is 11.9 Å². The molecule has 0 radical (unpaired) electrons. The van der Waals surface area contributed by atoms with Gasteiger partial charge in [0.1, 0.15) is 5.69 Å². The number of aromatic amines is 1. The van der Waals surface area contributed by atoms with E-state index in [-0.39, 0.29) is 11.8 Å². The molecule has 0 spiro atoms. The third kappa shape index (κ3) is 3.52. The lowest BCUT2D eigenvalue weighted by atomic mass is 10.00. The Morgan fingerprint density at radius 2 is 2.23 bits per heavy atom. The summed E-state index contributed by atoms with van der Waals surface area (Å²) in [5.41, 5.74) is 12.8. The number of rotatable bonds is 6. The number of nitrogens with one attached hydrogen (secondary N) is 2. The van der Waals surface area contributed by atoms with Gasteiger partial charge in [-0.15, -0.1) is 11.3 Å². The number of aromatic nitrogens is 2. The van der Waals surface area contributed by atoms with Crippen LogP contribution in [-0.2, 0) is 4.79 Å². The molecule has 2 heterocycles. The highest BCUT2D eigenvalue weighted by Gasteiger charge is 2.20. The van der Waals surface area contributed by atoms with Crippen molar-refractivity contribution in [2.75, 3.05) is 5.32 Å². The Balaban J connectivity index is 2.08. The molecule has 0 saturated carbocycles. The first kappa shape index (κ1) is 16.2. The van der Waals surface area contributed by atoms with Crippen molar-refractivity contribution in [3.05, 3.63) is 23.3 Å². The summed E-state index contributed by atoms with van der Waals surface area (Å²) in [6, 6.07) is 1.06. The number of amides is 2. The summed E-state index contributed by atoms with van der Waals surface area (Å²) < 4.78 is 0. The summed E-state index contributed by atoms with van der Waals surface area (Å²) >= 11 is 1.30. The van der Waals surface area contributed by atoms with Crippen LogP contribution in [0.25, 0.3) is 11.3 Å². The van der Waals surface area contributed by atoms with Crippen LogP contribution in [0.4, 0.5) is 5.13 Å². The lowest BCUT2D eigenvalue weighted by Crippen LogP contribution is -2.40. The van der Waals surface area contributed by atoms with Crippen molar-refractivity contribution in [3.63, 3.8) is 0 Å². The van der Waals surface area contributed by atoms with Crippen LogP contribution in [0.5, 0.6) is 0 Å². The zero-order valence-electron chi connectivity index (χ0n) is 12.4. The maximum Gasteiger partial charge on any atom is 0.265 e. The summed E-state index contributed by atoms with van der Waals surface area (Å²) in [5.74, 6) is -0.682. The molecule has 2 unspecified atom stereocenters. The van der Waals surface area contributed by atoms with E-state index in [1.807, 2.05) is 13.8 Å². The van der Waals surface area contributed by atoms with Gasteiger partial charge in [-0.05, 0) is 12.0 Å². The fourth-order valence-corrected chi connectivity index (χ4v) is 2.57. The van der Waals surface area contributed by atoms with Gasteiger partial charge in [0.25, 0.3) is 5.91 Å². The number of hydrogen-bond donors (Lipinski definition) is 4. The molecule has 2 rings (SSSR count). The smallest absolute Gasteiger partial charge is 0.265 e. The van der Waals surface area contributed by atoms with Gasteiger partial charge in [-0.1, -0.05) is 20.3 Å². The molecule has 8 heteroatoms. The minimum Gasteiger partial charge on any atom is -0.364 e. The summed E-state index contributed by atoms with van der Waals surface area (Å²) in [4.78, 5) is 30.2. The third-order valence-corrected chi connectivity index (χ3v) is 4.30. The molecule has 7 nitrogen and oxygen atoms in total. The van der Waals surface area contributed by atoms with Crippen molar-refractivity contribution < 1.29 is 9.59 Å². The van der Waals surface area contributed by atoms with E-state index in [1.54, 1.807) is 17.6 Å². The highest BCUT2D eigenvalue weighted by Crippen LogP contribution is 2.25. The topological polar surface area (TPSA) is 127 Å². The molecular weight excluding hydrogens is 302 g/mol. The van der Waals surface area contributed by atoms with Gasteiger partial charge in [0, 0.05) is 17.1 Å². The monoisotopic (exact) mass is 321 g/mol. The molecule has 0 saturated heterocycles. The van der Waals surface area contributed by atoms with Gasteiger partial charge in [-0.2, -0.15) is 0 Å². The Morgan fingerprint density at radius 1 is 1.50 bits per heavy atom. The quantitative estimate of drug-likeness (QED) is 0.643. The number of carbonyl (C=O) groups is 2. The van der Waals surface area contributed by atoms with Crippen molar-refractivity contribution in [1.82, 2.24) is 9.97 Å². The lowest BCUT2D eigenvalue weighted by molar-refractivity contribution is -0.118. The molecule has 2 aromatic heterocycles. The average molecular weight is 321 g/mol. The number of thiazole rings is 1. The predicted octanol–water partition coefficient (Wildman–Crippen LogP) is 1.55. The maximum atomic E-state index is 12.0. The molecule has 2 atom stereocenters. The first-order valence-corrected chi connectivity index (χ1v) is 7.81. The van der Waals surface area contributed by atoms with Gasteiger partial charge in [0.15, 0.2) is 5.13 Å². The van der Waals surface area contributed by atoms with E-state index >= 15 is 0 Å². The third-order valence-electron chi connectivity index (χ3n) is 3.54. The number of nitrogens with zero attached hydrogens (tertiary/aromatic N) is 1. The standard InChI is InChI=1S/C14H19N5O2S/c1-3-7(2)11(15)13(21)19-14-18-10(6-22-14)8-4-9(12(16)20)17-5-8/h4-7,11,17H,3,15H2,1-2H3,(H2,16,20)(H,18,19,21). The predicted molar refractivity (Wildman–Crippen MR) is 86.5 cm³/mol. The molecule has 0 aliphatic carbocycles. The van der Waals surface area contributed by atoms with E-state index in [2.05, 4.69) is 15.3 Å². The number of hydrogen-bond acceptors (Lipinski definition) is 5. The molecule has 0 aliphatic heterocycles. The minimum atomic E-state index is -0.564. The molecule has 0 aliphatic rings. The molecular formula is C14H19N5O2S. The van der Waals surface area contributed by atoms with Gasteiger partial charge >= 0.3 is 0 Å². The number of primary amides is 1. The highest BCUT2D eigenvalue weighted by molar-refractivity contribution is 7.14. The second kappa shape index (κ2) is 6.71. The maximum absolute atomic E-state index is 12.0. The van der Waals surface area contributed by atoms with Crippen molar-refractivity contribution in [1.29, 1.82) is 0 Å². The lowest BCUT2D eigenvalue weighted by Gasteiger charge is -2.16. The molecule has 118 valence electrons. The summed E-state index contributed by atoms with van der Waals surface area (Å²) in [6.07, 6.45) is 2.47. The fraction of sp³-hybridized carbons (Fsp3) is 0.357. The van der Waals surface area contributed by atoms with Crippen LogP contribution in [0.1, 0.15) is 30.8 Å². The number of H-pyrrole nitrogens is 1. The van der Waals surface area contributed by atoms with Crippen LogP contribution in [0, 0.1) is 5.92 Å². The van der Waals surface area contributed by atoms with E-state index in [9.17, 15) is 9.59 Å². The van der Waals surface area contributed by atoms with Gasteiger partial charge in [0.2, 0.25) is 5.91 Å². The normalized spacial score (nSPS) is 13.6. The number of nitrogens with two attached hydrogens (primary N) is 2. The van der Waals surface area contributed by atoms with Crippen molar-refractivity contribution in [3.8, 4) is 11.3 Å². The van der Waals surface area contributed by atoms with Crippen LogP contribution < -0.4 is 16.8 Å². The molecule has 2 amide bonds. The highest BCUT2D eigenvalue weighted by atomic mass is 32.1. The van der Waals surface area contributed by atoms with Gasteiger partial charge in [-0.3, -0.25) is 9.59 Å². The second-order valence-electron chi connectivity index (χ2n) is 5.10. The summed E-state index contributed by atoms with van der Waals surface area (Å²) in [7, 11) is 0. The molecule has 0 aromatic carbocycles. The van der Waals surface area contributed by atoms with Crippen LogP contribution in [0.3, 0.4) is 0 Å². The van der Waals surface area contributed by atoms with Crippen molar-refractivity contribution in [2.45, 2.75) is 26.3 Å².